The zero-order valence-corrected chi connectivity index (χ0v) is 26.2. The number of nitrogens with zero attached hydrogens (tertiary/aromatic N) is 3. The maximum Gasteiger partial charge on any atom is 0.338 e. The van der Waals surface area contributed by atoms with Gasteiger partial charge < -0.3 is 9.15 Å². The first-order chi connectivity index (χ1) is 21.8. The highest BCUT2D eigenvalue weighted by molar-refractivity contribution is 7.98. The second kappa shape index (κ2) is 12.5. The molecular formula is C34H27N3O6S2. The molecule has 1 aliphatic heterocycles. The Kier molecular flexibility index (Phi) is 8.38. The van der Waals surface area contributed by atoms with E-state index in [9.17, 15) is 19.7 Å². The number of furan rings is 1. The van der Waals surface area contributed by atoms with E-state index in [0.29, 0.717) is 32.1 Å². The van der Waals surface area contributed by atoms with Gasteiger partial charge in [-0.05, 0) is 55.5 Å². The number of benzene rings is 3. The van der Waals surface area contributed by atoms with Gasteiger partial charge >= 0.3 is 5.97 Å². The fraction of sp³-hybridized carbons (Fsp3) is 0.147. The lowest BCUT2D eigenvalue weighted by molar-refractivity contribution is -0.384. The average molecular weight is 638 g/mol. The Hall–Kier alpha value is -5.00. The van der Waals surface area contributed by atoms with Crippen molar-refractivity contribution in [1.82, 2.24) is 4.57 Å². The number of nitro groups is 1. The summed E-state index contributed by atoms with van der Waals surface area (Å²) in [5, 5.41) is 11.3. The fourth-order valence-corrected chi connectivity index (χ4v) is 6.62. The Bertz CT molecular complexity index is 2140. The summed E-state index contributed by atoms with van der Waals surface area (Å²) in [6.45, 7) is 3.75. The third-order valence-electron chi connectivity index (χ3n) is 7.40. The number of aromatic nitrogens is 1. The Morgan fingerprint density at radius 3 is 2.56 bits per heavy atom. The van der Waals surface area contributed by atoms with Crippen molar-refractivity contribution in [3.8, 4) is 11.3 Å². The summed E-state index contributed by atoms with van der Waals surface area (Å²) in [5.74, 6) is 0.296. The largest absolute Gasteiger partial charge is 0.463 e. The molecular weight excluding hydrogens is 611 g/mol. The number of rotatable bonds is 8. The number of carbonyl (C=O) groups is 1. The number of nitro benzene ring substituents is 1. The fourth-order valence-electron chi connectivity index (χ4n) is 5.24. The van der Waals surface area contributed by atoms with Crippen LogP contribution in [0.15, 0.2) is 110 Å². The average Bonchev–Trinajstić information content (AvgIpc) is 3.64. The predicted octanol–water partition coefficient (Wildman–Crippen LogP) is 6.13. The van der Waals surface area contributed by atoms with Gasteiger partial charge in [-0.1, -0.05) is 59.9 Å². The molecule has 1 unspecified atom stereocenters. The quantitative estimate of drug-likeness (QED) is 0.0869. The first kappa shape index (κ1) is 30.0. The van der Waals surface area contributed by atoms with Crippen LogP contribution in [0.25, 0.3) is 23.1 Å². The minimum Gasteiger partial charge on any atom is -0.463 e. The van der Waals surface area contributed by atoms with Gasteiger partial charge in [0, 0.05) is 34.2 Å². The molecule has 2 aromatic heterocycles. The number of thioether (sulfide) groups is 1. The summed E-state index contributed by atoms with van der Waals surface area (Å²) >= 11 is 2.79. The molecule has 226 valence electrons. The smallest absolute Gasteiger partial charge is 0.338 e. The summed E-state index contributed by atoms with van der Waals surface area (Å²) in [5.41, 5.74) is 3.22. The minimum absolute atomic E-state index is 0.0425. The molecule has 0 spiro atoms. The first-order valence-corrected chi connectivity index (χ1v) is 16.1. The normalized spacial score (nSPS) is 14.6. The number of carbonyl (C=O) groups excluding carboxylic acids is 1. The molecule has 0 saturated carbocycles. The summed E-state index contributed by atoms with van der Waals surface area (Å²) in [6.07, 6.45) is 3.61. The first-order valence-electron chi connectivity index (χ1n) is 14.1. The topological polar surface area (TPSA) is 117 Å². The molecule has 0 aliphatic carbocycles. The Labute approximate surface area is 266 Å². The molecule has 9 nitrogen and oxygen atoms in total. The number of ether oxygens (including phenoxy) is 1. The van der Waals surface area contributed by atoms with Crippen molar-refractivity contribution in [3.05, 3.63) is 143 Å². The molecule has 1 aliphatic rings. The van der Waals surface area contributed by atoms with Gasteiger partial charge in [-0.25, -0.2) is 9.79 Å². The monoisotopic (exact) mass is 637 g/mol. The number of aryl methyl sites for hydroxylation is 1. The van der Waals surface area contributed by atoms with Crippen LogP contribution >= 0.6 is 23.1 Å². The molecule has 0 radical (unpaired) electrons. The van der Waals surface area contributed by atoms with Crippen LogP contribution in [0.3, 0.4) is 0 Å². The van der Waals surface area contributed by atoms with Gasteiger partial charge in [-0.3, -0.25) is 19.5 Å². The second-order valence-electron chi connectivity index (χ2n) is 10.2. The number of hydrogen-bond acceptors (Lipinski definition) is 9. The number of fused-ring (bicyclic) bond motifs is 1. The maximum atomic E-state index is 14.1. The highest BCUT2D eigenvalue weighted by Crippen LogP contribution is 2.36. The SMILES string of the molecule is CCOC(=O)C1=C(c2ccccc2)N=c2s/c(=C\c3ccc(-c4cc([N+](=O)[O-])ccc4C)o3)c(=O)n2C1c1ccc(SC)cc1. The molecule has 0 saturated heterocycles. The third kappa shape index (κ3) is 5.79. The Morgan fingerprint density at radius 2 is 1.87 bits per heavy atom. The third-order valence-corrected chi connectivity index (χ3v) is 9.13. The van der Waals surface area contributed by atoms with Gasteiger partial charge in [0.2, 0.25) is 0 Å². The highest BCUT2D eigenvalue weighted by Gasteiger charge is 2.35. The summed E-state index contributed by atoms with van der Waals surface area (Å²) in [6, 6.07) is 24.4. The van der Waals surface area contributed by atoms with Crippen molar-refractivity contribution in [3.63, 3.8) is 0 Å². The van der Waals surface area contributed by atoms with E-state index in [2.05, 4.69) is 0 Å². The lowest BCUT2D eigenvalue weighted by Crippen LogP contribution is -2.40. The van der Waals surface area contributed by atoms with Crippen molar-refractivity contribution in [2.75, 3.05) is 12.9 Å². The van der Waals surface area contributed by atoms with Crippen LogP contribution in [0.4, 0.5) is 5.69 Å². The van der Waals surface area contributed by atoms with E-state index in [-0.39, 0.29) is 23.4 Å². The van der Waals surface area contributed by atoms with Crippen LogP contribution < -0.4 is 14.9 Å². The zero-order valence-electron chi connectivity index (χ0n) is 24.6. The molecule has 6 rings (SSSR count). The van der Waals surface area contributed by atoms with Gasteiger partial charge in [0.05, 0.1) is 33.4 Å². The van der Waals surface area contributed by atoms with E-state index in [1.165, 1.54) is 28.0 Å². The maximum absolute atomic E-state index is 14.1. The molecule has 0 fully saturated rings. The van der Waals surface area contributed by atoms with Crippen LogP contribution in [0.2, 0.25) is 0 Å². The van der Waals surface area contributed by atoms with Crippen LogP contribution in [0, 0.1) is 17.0 Å². The van der Waals surface area contributed by atoms with E-state index in [4.69, 9.17) is 14.1 Å². The summed E-state index contributed by atoms with van der Waals surface area (Å²) < 4.78 is 13.5. The standard InChI is InChI=1S/C34H27N3O6S2/c1-4-42-33(39)29-30(21-8-6-5-7-9-21)35-34-36(31(29)22-11-15-25(44-3)16-12-22)32(38)28(45-34)19-24-14-17-27(43-24)26-18-23(37(40)41)13-10-20(26)2/h5-19,31H,4H2,1-3H3/b28-19-. The zero-order chi connectivity index (χ0) is 31.7. The molecule has 0 bridgehead atoms. The molecule has 0 amide bonds. The number of non-ortho nitro benzene ring substituents is 1. The minimum atomic E-state index is -0.784. The van der Waals surface area contributed by atoms with Gasteiger partial charge in [-0.2, -0.15) is 0 Å². The number of thiazole rings is 1. The van der Waals surface area contributed by atoms with Crippen molar-refractivity contribution in [2.24, 2.45) is 4.99 Å². The van der Waals surface area contributed by atoms with E-state index in [0.717, 1.165) is 21.6 Å². The summed E-state index contributed by atoms with van der Waals surface area (Å²) in [4.78, 5) is 45.0. The Morgan fingerprint density at radius 1 is 1.11 bits per heavy atom. The molecule has 3 aromatic carbocycles. The van der Waals surface area contributed by atoms with E-state index >= 15 is 0 Å². The number of hydrogen-bond donors (Lipinski definition) is 0. The molecule has 11 heteroatoms. The molecule has 3 heterocycles. The molecule has 5 aromatic rings. The lowest BCUT2D eigenvalue weighted by atomic mass is 9.93. The van der Waals surface area contributed by atoms with Gasteiger partial charge in [0.15, 0.2) is 4.80 Å². The van der Waals surface area contributed by atoms with Crippen molar-refractivity contribution >= 4 is 46.5 Å². The van der Waals surface area contributed by atoms with Crippen LogP contribution in [0.5, 0.6) is 0 Å². The van der Waals surface area contributed by atoms with E-state index in [1.807, 2.05) is 67.8 Å². The van der Waals surface area contributed by atoms with Crippen molar-refractivity contribution in [2.45, 2.75) is 24.8 Å². The van der Waals surface area contributed by atoms with Crippen LogP contribution in [-0.4, -0.2) is 28.3 Å². The van der Waals surface area contributed by atoms with E-state index in [1.54, 1.807) is 43.0 Å². The van der Waals surface area contributed by atoms with Crippen molar-refractivity contribution < 1.29 is 18.9 Å². The van der Waals surface area contributed by atoms with Gasteiger partial charge in [0.1, 0.15) is 11.5 Å². The second-order valence-corrected chi connectivity index (χ2v) is 12.1. The molecule has 0 N–H and O–H groups in total. The number of esters is 1. The molecule has 45 heavy (non-hydrogen) atoms. The lowest BCUT2D eigenvalue weighted by Gasteiger charge is -2.26. The predicted molar refractivity (Wildman–Crippen MR) is 175 cm³/mol. The highest BCUT2D eigenvalue weighted by atomic mass is 32.2. The van der Waals surface area contributed by atoms with Gasteiger partial charge in [0.25, 0.3) is 11.2 Å². The van der Waals surface area contributed by atoms with Gasteiger partial charge in [-0.15, -0.1) is 11.8 Å². The van der Waals surface area contributed by atoms with E-state index < -0.39 is 16.9 Å². The summed E-state index contributed by atoms with van der Waals surface area (Å²) in [7, 11) is 0. The van der Waals surface area contributed by atoms with Crippen LogP contribution in [-0.2, 0) is 9.53 Å². The van der Waals surface area contributed by atoms with Crippen molar-refractivity contribution in [1.29, 1.82) is 0 Å². The Balaban J connectivity index is 1.54. The van der Waals surface area contributed by atoms with Crippen LogP contribution in [0.1, 0.15) is 35.4 Å². The molecule has 1 atom stereocenters.